The molecule has 20 heavy (non-hydrogen) atoms. The van der Waals surface area contributed by atoms with E-state index in [0.29, 0.717) is 6.42 Å². The van der Waals surface area contributed by atoms with E-state index in [0.717, 1.165) is 26.4 Å². The van der Waals surface area contributed by atoms with Gasteiger partial charge in [-0.05, 0) is 47.0 Å². The first kappa shape index (κ1) is 14.9. The van der Waals surface area contributed by atoms with Crippen LogP contribution < -0.4 is 5.43 Å². The van der Waals surface area contributed by atoms with E-state index >= 15 is 0 Å². The molecule has 1 aromatic carbocycles. The Kier molecular flexibility index (Phi) is 5.49. The van der Waals surface area contributed by atoms with Gasteiger partial charge < -0.3 is 0 Å². The molecule has 0 saturated carbocycles. The Balaban J connectivity index is 1.83. The van der Waals surface area contributed by atoms with Crippen LogP contribution in [-0.2, 0) is 11.2 Å². The topological polar surface area (TPSA) is 41.5 Å². The van der Waals surface area contributed by atoms with E-state index in [1.165, 1.54) is 0 Å². The Morgan fingerprint density at radius 1 is 1.25 bits per heavy atom. The molecule has 0 atom stereocenters. The monoisotopic (exact) mass is 350 g/mol. The summed E-state index contributed by atoms with van der Waals surface area (Å²) in [5.74, 6) is -0.0659. The van der Waals surface area contributed by atoms with Crippen molar-refractivity contribution >= 4 is 38.9 Å². The maximum absolute atomic E-state index is 11.7. The van der Waals surface area contributed by atoms with Gasteiger partial charge >= 0.3 is 0 Å². The van der Waals surface area contributed by atoms with Crippen molar-refractivity contribution in [3.63, 3.8) is 0 Å². The minimum atomic E-state index is -0.0659. The molecular weight excluding hydrogens is 336 g/mol. The average molecular weight is 351 g/mol. The molecule has 1 N–H and O–H groups in total. The van der Waals surface area contributed by atoms with Crippen LogP contribution in [0.25, 0.3) is 0 Å². The predicted molar refractivity (Wildman–Crippen MR) is 87.1 cm³/mol. The summed E-state index contributed by atoms with van der Waals surface area (Å²) >= 11 is 5.00. The first-order valence-corrected chi connectivity index (χ1v) is 7.89. The summed E-state index contributed by atoms with van der Waals surface area (Å²) in [4.78, 5) is 12.8. The fourth-order valence-corrected chi connectivity index (χ4v) is 3.00. The zero-order valence-electron chi connectivity index (χ0n) is 11.1. The number of carbonyl (C=O) groups is 1. The molecule has 0 aliphatic heterocycles. The normalized spacial score (nSPS) is 11.4. The molecule has 0 unspecified atom stereocenters. The van der Waals surface area contributed by atoms with Gasteiger partial charge in [0.05, 0.1) is 14.4 Å². The van der Waals surface area contributed by atoms with Crippen LogP contribution in [0.4, 0.5) is 0 Å². The summed E-state index contributed by atoms with van der Waals surface area (Å²) < 4.78 is 1.05. The van der Waals surface area contributed by atoms with Crippen LogP contribution in [0, 0.1) is 0 Å². The Labute approximate surface area is 130 Å². The Morgan fingerprint density at radius 3 is 2.65 bits per heavy atom. The third-order valence-corrected chi connectivity index (χ3v) is 4.49. The van der Waals surface area contributed by atoms with Crippen molar-refractivity contribution in [3.8, 4) is 0 Å². The second-order valence-corrected chi connectivity index (χ2v) is 6.78. The Hall–Kier alpha value is -1.46. The van der Waals surface area contributed by atoms with Crippen LogP contribution in [0.1, 0.15) is 23.8 Å². The molecule has 1 amide bonds. The van der Waals surface area contributed by atoms with Crippen LogP contribution in [0.5, 0.6) is 0 Å². The molecule has 2 aromatic rings. The van der Waals surface area contributed by atoms with Gasteiger partial charge in [-0.1, -0.05) is 30.3 Å². The van der Waals surface area contributed by atoms with Crippen LogP contribution in [0.2, 0.25) is 0 Å². The molecule has 0 saturated heterocycles. The number of aryl methyl sites for hydroxylation is 1. The van der Waals surface area contributed by atoms with Gasteiger partial charge in [-0.2, -0.15) is 5.10 Å². The zero-order chi connectivity index (χ0) is 14.4. The standard InChI is InChI=1S/C15H15BrN2OS/c1-11(13-8-9-14(16)20-13)17-18-15(19)10-7-12-5-3-2-4-6-12/h2-6,8-9H,7,10H2,1H3,(H,18,19). The lowest BCUT2D eigenvalue weighted by atomic mass is 10.1. The van der Waals surface area contributed by atoms with Crippen molar-refractivity contribution in [3.05, 3.63) is 56.7 Å². The molecule has 1 aromatic heterocycles. The number of carbonyl (C=O) groups excluding carboxylic acids is 1. The molecule has 2 rings (SSSR count). The number of amides is 1. The fraction of sp³-hybridized carbons (Fsp3) is 0.200. The second kappa shape index (κ2) is 7.36. The highest BCUT2D eigenvalue weighted by Gasteiger charge is 2.04. The highest BCUT2D eigenvalue weighted by molar-refractivity contribution is 9.11. The third-order valence-electron chi connectivity index (χ3n) is 2.76. The minimum absolute atomic E-state index is 0.0659. The number of nitrogens with zero attached hydrogens (tertiary/aromatic N) is 1. The van der Waals surface area contributed by atoms with Gasteiger partial charge in [0.15, 0.2) is 0 Å². The molecule has 0 fully saturated rings. The maximum Gasteiger partial charge on any atom is 0.240 e. The van der Waals surface area contributed by atoms with Gasteiger partial charge in [0.2, 0.25) is 5.91 Å². The summed E-state index contributed by atoms with van der Waals surface area (Å²) in [6.45, 7) is 1.88. The van der Waals surface area contributed by atoms with Gasteiger partial charge in [0, 0.05) is 6.42 Å². The first-order chi connectivity index (χ1) is 9.65. The summed E-state index contributed by atoms with van der Waals surface area (Å²) in [5, 5.41) is 4.13. The number of hydrogen-bond acceptors (Lipinski definition) is 3. The van der Waals surface area contributed by atoms with Gasteiger partial charge in [-0.15, -0.1) is 11.3 Å². The van der Waals surface area contributed by atoms with E-state index in [2.05, 4.69) is 26.5 Å². The van der Waals surface area contributed by atoms with Crippen molar-refractivity contribution in [2.75, 3.05) is 0 Å². The SMILES string of the molecule is CC(=NNC(=O)CCc1ccccc1)c1ccc(Br)s1. The van der Waals surface area contributed by atoms with E-state index in [9.17, 15) is 4.79 Å². The van der Waals surface area contributed by atoms with Crippen molar-refractivity contribution in [1.29, 1.82) is 0 Å². The third kappa shape index (κ3) is 4.58. The van der Waals surface area contributed by atoms with Gasteiger partial charge in [-0.3, -0.25) is 4.79 Å². The highest BCUT2D eigenvalue weighted by Crippen LogP contribution is 2.22. The Morgan fingerprint density at radius 2 is 2.00 bits per heavy atom. The molecule has 104 valence electrons. The highest BCUT2D eigenvalue weighted by atomic mass is 79.9. The van der Waals surface area contributed by atoms with E-state index in [1.807, 2.05) is 49.4 Å². The number of hydrogen-bond donors (Lipinski definition) is 1. The Bertz CT molecular complexity index is 607. The van der Waals surface area contributed by atoms with Crippen LogP contribution >= 0.6 is 27.3 Å². The number of nitrogens with one attached hydrogen (secondary N) is 1. The maximum atomic E-state index is 11.7. The lowest BCUT2D eigenvalue weighted by Crippen LogP contribution is -2.19. The average Bonchev–Trinajstić information content (AvgIpc) is 2.90. The summed E-state index contributed by atoms with van der Waals surface area (Å²) in [6, 6.07) is 13.9. The lowest BCUT2D eigenvalue weighted by molar-refractivity contribution is -0.121. The van der Waals surface area contributed by atoms with Crippen molar-refractivity contribution in [2.45, 2.75) is 19.8 Å². The van der Waals surface area contributed by atoms with Crippen molar-refractivity contribution in [2.24, 2.45) is 5.10 Å². The van der Waals surface area contributed by atoms with Gasteiger partial charge in [0.25, 0.3) is 0 Å². The smallest absolute Gasteiger partial charge is 0.240 e. The molecule has 5 heteroatoms. The zero-order valence-corrected chi connectivity index (χ0v) is 13.5. The summed E-state index contributed by atoms with van der Waals surface area (Å²) in [5.41, 5.74) is 4.57. The van der Waals surface area contributed by atoms with Crippen LogP contribution in [-0.4, -0.2) is 11.6 Å². The number of hydrazone groups is 1. The second-order valence-electron chi connectivity index (χ2n) is 4.32. The van der Waals surface area contributed by atoms with Gasteiger partial charge in [0.1, 0.15) is 0 Å². The first-order valence-electron chi connectivity index (χ1n) is 6.28. The fourth-order valence-electron chi connectivity index (χ4n) is 1.67. The van der Waals surface area contributed by atoms with E-state index in [1.54, 1.807) is 11.3 Å². The van der Waals surface area contributed by atoms with Crippen LogP contribution in [0.3, 0.4) is 0 Å². The minimum Gasteiger partial charge on any atom is -0.273 e. The van der Waals surface area contributed by atoms with Crippen LogP contribution in [0.15, 0.2) is 51.4 Å². The largest absolute Gasteiger partial charge is 0.273 e. The quantitative estimate of drug-likeness (QED) is 0.642. The van der Waals surface area contributed by atoms with E-state index < -0.39 is 0 Å². The molecule has 1 heterocycles. The van der Waals surface area contributed by atoms with E-state index in [-0.39, 0.29) is 5.91 Å². The van der Waals surface area contributed by atoms with Crippen molar-refractivity contribution < 1.29 is 4.79 Å². The predicted octanol–water partition coefficient (Wildman–Crippen LogP) is 3.98. The molecule has 3 nitrogen and oxygen atoms in total. The molecule has 0 spiro atoms. The number of rotatable bonds is 5. The molecular formula is C15H15BrN2OS. The molecule has 0 aliphatic rings. The number of thiophene rings is 1. The van der Waals surface area contributed by atoms with Crippen molar-refractivity contribution in [1.82, 2.24) is 5.43 Å². The molecule has 0 radical (unpaired) electrons. The summed E-state index contributed by atoms with van der Waals surface area (Å²) in [7, 11) is 0. The lowest BCUT2D eigenvalue weighted by Gasteiger charge is -2.02. The molecule has 0 aliphatic carbocycles. The van der Waals surface area contributed by atoms with E-state index in [4.69, 9.17) is 0 Å². The number of halogens is 1. The summed E-state index contributed by atoms with van der Waals surface area (Å²) in [6.07, 6.45) is 1.17. The van der Waals surface area contributed by atoms with Gasteiger partial charge in [-0.25, -0.2) is 5.43 Å². The number of benzene rings is 1. The molecule has 0 bridgehead atoms.